The number of phosphoric acid groups is 1. The summed E-state index contributed by atoms with van der Waals surface area (Å²) in [7, 11) is -1.89. The van der Waals surface area contributed by atoms with Crippen LogP contribution in [0, 0.1) is 0 Å². The molecule has 0 bridgehead atoms. The maximum Gasteiger partial charge on any atom is 0.472 e. The zero-order valence-electron chi connectivity index (χ0n) is 21.2. The lowest BCUT2D eigenvalue weighted by Gasteiger charge is -2.21. The van der Waals surface area contributed by atoms with Gasteiger partial charge in [-0.1, -0.05) is 0 Å². The molecule has 1 saturated heterocycles. The minimum absolute atomic E-state index is 0.0200. The third-order valence-electron chi connectivity index (χ3n) is 6.15. The summed E-state index contributed by atoms with van der Waals surface area (Å²) in [5.74, 6) is 0.0498. The highest BCUT2D eigenvalue weighted by Gasteiger charge is 2.43. The predicted molar refractivity (Wildman–Crippen MR) is 133 cm³/mol. The van der Waals surface area contributed by atoms with Gasteiger partial charge >= 0.3 is 13.5 Å². The van der Waals surface area contributed by atoms with Crippen molar-refractivity contribution in [3.05, 3.63) is 45.0 Å². The zero-order valence-corrected chi connectivity index (χ0v) is 22.1. The first kappa shape index (κ1) is 27.7. The van der Waals surface area contributed by atoms with E-state index in [9.17, 15) is 19.0 Å². The van der Waals surface area contributed by atoms with E-state index in [2.05, 4.69) is 24.9 Å². The van der Waals surface area contributed by atoms with Gasteiger partial charge in [0.1, 0.15) is 37.1 Å². The quantitative estimate of drug-likeness (QED) is 0.212. The van der Waals surface area contributed by atoms with Crippen molar-refractivity contribution in [3.63, 3.8) is 0 Å². The van der Waals surface area contributed by atoms with Gasteiger partial charge in [0.2, 0.25) is 11.9 Å². The van der Waals surface area contributed by atoms with Gasteiger partial charge in [0.05, 0.1) is 26.5 Å². The number of phosphoric ester groups is 1. The van der Waals surface area contributed by atoms with Crippen molar-refractivity contribution in [1.29, 1.82) is 0 Å². The third-order valence-corrected chi connectivity index (χ3v) is 7.14. The molecule has 2 aliphatic rings. The van der Waals surface area contributed by atoms with Crippen molar-refractivity contribution in [2.75, 3.05) is 38.9 Å². The summed E-state index contributed by atoms with van der Waals surface area (Å²) in [6.45, 7) is -0.492. The minimum Gasteiger partial charge on any atom is -0.497 e. The summed E-state index contributed by atoms with van der Waals surface area (Å²) >= 11 is 0. The van der Waals surface area contributed by atoms with Gasteiger partial charge in [0.15, 0.2) is 23.2 Å². The highest BCUT2D eigenvalue weighted by Crippen LogP contribution is 2.49. The molecule has 5 heterocycles. The van der Waals surface area contributed by atoms with Crippen molar-refractivity contribution in [3.8, 4) is 0 Å². The topological polar surface area (TPSA) is 256 Å². The van der Waals surface area contributed by atoms with Gasteiger partial charge in [-0.3, -0.25) is 23.4 Å². The van der Waals surface area contributed by atoms with Crippen molar-refractivity contribution >= 4 is 30.9 Å². The Morgan fingerprint density at radius 3 is 2.67 bits per heavy atom. The Morgan fingerprint density at radius 1 is 1.18 bits per heavy atom. The summed E-state index contributed by atoms with van der Waals surface area (Å²) in [5, 5.41) is 0. The zero-order chi connectivity index (χ0) is 28.6. The molecular weight excluding hydrogens is 557 g/mol. The van der Waals surface area contributed by atoms with Crippen LogP contribution in [0.2, 0.25) is 0 Å². The number of hydrogen-bond donors (Lipinski definition) is 4. The minimum atomic E-state index is -4.70. The number of nitrogens with two attached hydrogens (primary N) is 2. The van der Waals surface area contributed by atoms with Crippen LogP contribution in [0.1, 0.15) is 25.3 Å². The van der Waals surface area contributed by atoms with Crippen LogP contribution in [0.3, 0.4) is 0 Å². The lowest BCUT2D eigenvalue weighted by atomic mass is 10.2. The number of imidazole rings is 1. The van der Waals surface area contributed by atoms with E-state index in [0.29, 0.717) is 0 Å². The number of fused-ring (bicyclic) bond motifs is 1. The first-order valence-electron chi connectivity index (χ1n) is 11.7. The maximum atomic E-state index is 12.9. The van der Waals surface area contributed by atoms with E-state index >= 15 is 0 Å². The number of hydrogen-bond acceptors (Lipinski definition) is 15. The van der Waals surface area contributed by atoms with Crippen molar-refractivity contribution in [1.82, 2.24) is 34.1 Å². The molecule has 2 aliphatic heterocycles. The molecule has 1 fully saturated rings. The SMILES string of the molecule is COC[C@H]1O[C@@H](n2cnc3c(=O)[nH]c(N)nc32)CC1OP(=O)(O)OCC1=C(OC)C[C@H](n2cnc(N)nc2=O)O1. The van der Waals surface area contributed by atoms with Crippen molar-refractivity contribution in [2.24, 2.45) is 0 Å². The van der Waals surface area contributed by atoms with Crippen molar-refractivity contribution < 1.29 is 37.5 Å². The van der Waals surface area contributed by atoms with Crippen LogP contribution in [-0.4, -0.2) is 78.6 Å². The Morgan fingerprint density at radius 2 is 1.95 bits per heavy atom. The number of aromatic amines is 1. The lowest BCUT2D eigenvalue weighted by molar-refractivity contribution is -0.0528. The number of nitrogens with one attached hydrogen (secondary N) is 1. The van der Waals surface area contributed by atoms with E-state index < -0.39 is 50.3 Å². The monoisotopic (exact) mass is 583 g/mol. The largest absolute Gasteiger partial charge is 0.497 e. The molecule has 5 rings (SSSR count). The Balaban J connectivity index is 1.27. The van der Waals surface area contributed by atoms with Crippen LogP contribution >= 0.6 is 7.82 Å². The Labute approximate surface area is 224 Å². The maximum absolute atomic E-state index is 12.9. The number of anilines is 2. The molecule has 0 saturated carbocycles. The van der Waals surface area contributed by atoms with Gasteiger partial charge in [-0.25, -0.2) is 23.9 Å². The summed E-state index contributed by atoms with van der Waals surface area (Å²) in [5.41, 5.74) is 10.1. The molecule has 5 atom stereocenters. The normalized spacial score (nSPS) is 24.4. The molecule has 3 aromatic heterocycles. The Kier molecular flexibility index (Phi) is 7.58. The summed E-state index contributed by atoms with van der Waals surface area (Å²) < 4.78 is 48.3. The molecule has 0 spiro atoms. The van der Waals surface area contributed by atoms with E-state index in [1.165, 1.54) is 31.4 Å². The predicted octanol–water partition coefficient (Wildman–Crippen LogP) is -0.851. The van der Waals surface area contributed by atoms with E-state index in [4.69, 9.17) is 39.5 Å². The summed E-state index contributed by atoms with van der Waals surface area (Å²) in [4.78, 5) is 52.6. The van der Waals surface area contributed by atoms with Crippen LogP contribution in [0.5, 0.6) is 0 Å². The fourth-order valence-corrected chi connectivity index (χ4v) is 5.26. The Hall–Kier alpha value is -3.87. The fraction of sp³-hybridized carbons (Fsp3) is 0.500. The molecule has 3 aromatic rings. The highest BCUT2D eigenvalue weighted by atomic mass is 31.2. The van der Waals surface area contributed by atoms with E-state index in [0.717, 1.165) is 4.57 Å². The van der Waals surface area contributed by atoms with Gasteiger partial charge < -0.3 is 35.3 Å². The molecule has 0 aromatic carbocycles. The van der Waals surface area contributed by atoms with Crippen LogP contribution in [0.15, 0.2) is 33.8 Å². The molecule has 0 radical (unpaired) electrons. The van der Waals surface area contributed by atoms with Crippen LogP contribution in [0.25, 0.3) is 11.2 Å². The number of H-pyrrole nitrogens is 1. The van der Waals surface area contributed by atoms with E-state index in [1.54, 1.807) is 0 Å². The van der Waals surface area contributed by atoms with E-state index in [-0.39, 0.29) is 54.0 Å². The highest BCUT2D eigenvalue weighted by molar-refractivity contribution is 7.47. The van der Waals surface area contributed by atoms with Gasteiger partial charge in [0.25, 0.3) is 5.56 Å². The van der Waals surface area contributed by atoms with Crippen molar-refractivity contribution in [2.45, 2.75) is 37.5 Å². The molecule has 19 nitrogen and oxygen atoms in total. The number of ether oxygens (including phenoxy) is 4. The van der Waals surface area contributed by atoms with Crippen LogP contribution in [0.4, 0.5) is 11.9 Å². The number of rotatable bonds is 10. The number of aromatic nitrogens is 7. The average Bonchev–Trinajstić information content (AvgIpc) is 3.60. The molecule has 6 N–H and O–H groups in total. The van der Waals surface area contributed by atoms with Gasteiger partial charge in [-0.05, 0) is 0 Å². The standard InChI is InChI=1S/C20H26N9O10P/c1-34-5-11-10(4-13(37-11)28-7-23-15-16(28)25-19(22)26-17(15)30)39-40(32,33)36-6-12-9(35-2)3-14(38-12)29-8-24-18(21)27-20(29)31/h7-8,10-11,13-14H,3-6H2,1-2H3,(H,32,33)(H2,21,27,31)(H3,22,25,26,30)/t10?,11-,13-,14-/m1/s1. The summed E-state index contributed by atoms with van der Waals surface area (Å²) in [6, 6.07) is 0. The number of nitrogen functional groups attached to an aromatic ring is 2. The molecule has 20 heteroatoms. The van der Waals surface area contributed by atoms with Gasteiger partial charge in [-0.15, -0.1) is 0 Å². The third kappa shape index (κ3) is 5.55. The lowest BCUT2D eigenvalue weighted by Crippen LogP contribution is -2.28. The molecule has 0 amide bonds. The molecule has 40 heavy (non-hydrogen) atoms. The first-order valence-corrected chi connectivity index (χ1v) is 13.2. The second-order valence-corrected chi connectivity index (χ2v) is 10.1. The average molecular weight is 583 g/mol. The molecule has 216 valence electrons. The molecule has 0 aliphatic carbocycles. The second kappa shape index (κ2) is 11.0. The fourth-order valence-electron chi connectivity index (χ4n) is 4.36. The Bertz CT molecular complexity index is 1600. The van der Waals surface area contributed by atoms with Crippen LogP contribution < -0.4 is 22.7 Å². The number of nitrogens with zero attached hydrogens (tertiary/aromatic N) is 6. The molecular formula is C20H26N9O10P. The molecule has 2 unspecified atom stereocenters. The summed E-state index contributed by atoms with van der Waals surface area (Å²) in [6.07, 6.45) is -0.711. The smallest absolute Gasteiger partial charge is 0.472 e. The van der Waals surface area contributed by atoms with E-state index in [1.807, 2.05) is 0 Å². The number of methoxy groups -OCH3 is 2. The van der Waals surface area contributed by atoms with Gasteiger partial charge in [-0.2, -0.15) is 9.97 Å². The first-order chi connectivity index (χ1) is 19.1. The van der Waals surface area contributed by atoms with Crippen LogP contribution in [-0.2, 0) is 32.6 Å². The second-order valence-electron chi connectivity index (χ2n) is 8.71. The van der Waals surface area contributed by atoms with Gasteiger partial charge in [0, 0.05) is 13.5 Å².